The van der Waals surface area contributed by atoms with Crippen LogP contribution in [0, 0.1) is 5.41 Å². The molecule has 5 heteroatoms. The molecule has 0 unspecified atom stereocenters. The lowest BCUT2D eigenvalue weighted by Crippen LogP contribution is -2.33. The van der Waals surface area contributed by atoms with Gasteiger partial charge in [0.1, 0.15) is 0 Å². The molecular weight excluding hydrogens is 270 g/mol. The van der Waals surface area contributed by atoms with E-state index in [1.165, 1.54) is 17.7 Å². The molecule has 0 bridgehead atoms. The minimum Gasteiger partial charge on any atom is -0.327 e. The molecule has 4 nitrogen and oxygen atoms in total. The Balaban J connectivity index is 1.73. The molecule has 1 amide bonds. The number of carbonyl (C=O) groups is 1. The van der Waals surface area contributed by atoms with Gasteiger partial charge in [0.25, 0.3) is 0 Å². The molecule has 1 fully saturated rings. The summed E-state index contributed by atoms with van der Waals surface area (Å²) in [6.07, 6.45) is 8.16. The standard InChI is InChI=1S/C15H23N3OS/c1-2-15(7-3-4-8-15)13(19)18-14-17-11-6-5-10(16)9-12(11)20-14/h10H,2-9,16H2,1H3,(H,17,18,19)/t10-/m0/s1. The van der Waals surface area contributed by atoms with E-state index in [2.05, 4.69) is 17.2 Å². The van der Waals surface area contributed by atoms with E-state index < -0.39 is 0 Å². The minimum absolute atomic E-state index is 0.150. The molecule has 0 radical (unpaired) electrons. The van der Waals surface area contributed by atoms with Crippen molar-refractivity contribution in [3.05, 3.63) is 10.6 Å². The number of hydrogen-bond acceptors (Lipinski definition) is 4. The van der Waals surface area contributed by atoms with Crippen LogP contribution in [0.25, 0.3) is 0 Å². The Morgan fingerprint density at radius 1 is 1.50 bits per heavy atom. The van der Waals surface area contributed by atoms with Gasteiger partial charge in [0.2, 0.25) is 5.91 Å². The summed E-state index contributed by atoms with van der Waals surface area (Å²) in [4.78, 5) is 18.4. The van der Waals surface area contributed by atoms with Crippen molar-refractivity contribution in [2.45, 2.75) is 64.3 Å². The van der Waals surface area contributed by atoms with Gasteiger partial charge in [0.15, 0.2) is 5.13 Å². The molecule has 1 atom stereocenters. The number of fused-ring (bicyclic) bond motifs is 1. The van der Waals surface area contributed by atoms with Crippen molar-refractivity contribution in [2.24, 2.45) is 11.1 Å². The molecule has 1 saturated carbocycles. The Morgan fingerprint density at radius 3 is 2.95 bits per heavy atom. The predicted molar refractivity (Wildman–Crippen MR) is 81.9 cm³/mol. The lowest BCUT2D eigenvalue weighted by atomic mass is 9.82. The van der Waals surface area contributed by atoms with E-state index in [-0.39, 0.29) is 17.4 Å². The third kappa shape index (κ3) is 2.49. The van der Waals surface area contributed by atoms with E-state index in [9.17, 15) is 4.79 Å². The number of nitrogens with zero attached hydrogens (tertiary/aromatic N) is 1. The Bertz CT molecular complexity index is 505. The van der Waals surface area contributed by atoms with E-state index in [0.29, 0.717) is 0 Å². The number of nitrogens with one attached hydrogen (secondary N) is 1. The molecule has 2 aliphatic rings. The van der Waals surface area contributed by atoms with Gasteiger partial charge in [0.05, 0.1) is 5.69 Å². The van der Waals surface area contributed by atoms with Crippen LogP contribution in [0.15, 0.2) is 0 Å². The number of anilines is 1. The van der Waals surface area contributed by atoms with Crippen molar-refractivity contribution in [3.8, 4) is 0 Å². The SMILES string of the molecule is CCC1(C(=O)Nc2nc3c(s2)C[C@@H](N)CC3)CCCC1. The molecule has 1 aromatic heterocycles. The van der Waals surface area contributed by atoms with Crippen LogP contribution in [-0.4, -0.2) is 16.9 Å². The summed E-state index contributed by atoms with van der Waals surface area (Å²) in [6, 6.07) is 0.253. The first-order chi connectivity index (χ1) is 9.63. The first kappa shape index (κ1) is 14.0. The van der Waals surface area contributed by atoms with Gasteiger partial charge in [-0.1, -0.05) is 19.8 Å². The van der Waals surface area contributed by atoms with Crippen LogP contribution >= 0.6 is 11.3 Å². The van der Waals surface area contributed by atoms with Crippen LogP contribution in [0.1, 0.15) is 56.0 Å². The molecule has 0 aromatic carbocycles. The number of rotatable bonds is 3. The zero-order chi connectivity index (χ0) is 14.2. The lowest BCUT2D eigenvalue weighted by molar-refractivity contribution is -0.125. The van der Waals surface area contributed by atoms with Crippen LogP contribution < -0.4 is 11.1 Å². The molecule has 0 aliphatic heterocycles. The first-order valence-electron chi connectivity index (χ1n) is 7.68. The van der Waals surface area contributed by atoms with Crippen molar-refractivity contribution in [1.29, 1.82) is 0 Å². The summed E-state index contributed by atoms with van der Waals surface area (Å²) in [6.45, 7) is 2.12. The van der Waals surface area contributed by atoms with Crippen LogP contribution in [0.5, 0.6) is 0 Å². The molecule has 20 heavy (non-hydrogen) atoms. The van der Waals surface area contributed by atoms with Gasteiger partial charge in [-0.05, 0) is 38.5 Å². The summed E-state index contributed by atoms with van der Waals surface area (Å²) in [5, 5.41) is 3.85. The number of thiazole rings is 1. The van der Waals surface area contributed by atoms with Crippen LogP contribution in [0.3, 0.4) is 0 Å². The maximum absolute atomic E-state index is 12.6. The molecule has 1 aromatic rings. The maximum Gasteiger partial charge on any atom is 0.232 e. The zero-order valence-electron chi connectivity index (χ0n) is 12.1. The highest BCUT2D eigenvalue weighted by atomic mass is 32.1. The number of carbonyl (C=O) groups excluding carboxylic acids is 1. The average molecular weight is 293 g/mol. The summed E-state index contributed by atoms with van der Waals surface area (Å²) >= 11 is 1.61. The van der Waals surface area contributed by atoms with Crippen LogP contribution in [0.4, 0.5) is 5.13 Å². The smallest absolute Gasteiger partial charge is 0.232 e. The monoisotopic (exact) mass is 293 g/mol. The topological polar surface area (TPSA) is 68.0 Å². The zero-order valence-corrected chi connectivity index (χ0v) is 12.9. The van der Waals surface area contributed by atoms with E-state index in [1.807, 2.05) is 0 Å². The Hall–Kier alpha value is -0.940. The normalized spacial score (nSPS) is 24.4. The van der Waals surface area contributed by atoms with Gasteiger partial charge < -0.3 is 11.1 Å². The highest BCUT2D eigenvalue weighted by molar-refractivity contribution is 7.15. The minimum atomic E-state index is -0.150. The number of aryl methyl sites for hydroxylation is 1. The molecular formula is C15H23N3OS. The molecule has 110 valence electrons. The van der Waals surface area contributed by atoms with Gasteiger partial charge in [0, 0.05) is 16.3 Å². The Kier molecular flexibility index (Phi) is 3.82. The van der Waals surface area contributed by atoms with E-state index in [4.69, 9.17) is 5.73 Å². The Morgan fingerprint density at radius 2 is 2.25 bits per heavy atom. The van der Waals surface area contributed by atoms with Gasteiger partial charge in [-0.2, -0.15) is 0 Å². The van der Waals surface area contributed by atoms with E-state index >= 15 is 0 Å². The number of nitrogens with two attached hydrogens (primary N) is 1. The first-order valence-corrected chi connectivity index (χ1v) is 8.50. The molecule has 1 heterocycles. The second-order valence-electron chi connectivity index (χ2n) is 6.19. The van der Waals surface area contributed by atoms with E-state index in [0.717, 1.165) is 49.4 Å². The summed E-state index contributed by atoms with van der Waals surface area (Å²) in [5.41, 5.74) is 6.99. The highest BCUT2D eigenvalue weighted by Crippen LogP contribution is 2.42. The second kappa shape index (κ2) is 5.45. The molecule has 0 saturated heterocycles. The summed E-state index contributed by atoms with van der Waals surface area (Å²) in [5.74, 6) is 0.174. The maximum atomic E-state index is 12.6. The van der Waals surface area contributed by atoms with Crippen molar-refractivity contribution in [2.75, 3.05) is 5.32 Å². The predicted octanol–water partition coefficient (Wildman–Crippen LogP) is 2.87. The molecule has 0 spiro atoms. The number of amides is 1. The molecule has 3 N–H and O–H groups in total. The van der Waals surface area contributed by atoms with Crippen molar-refractivity contribution in [1.82, 2.24) is 4.98 Å². The van der Waals surface area contributed by atoms with Gasteiger partial charge >= 0.3 is 0 Å². The van der Waals surface area contributed by atoms with Crippen molar-refractivity contribution in [3.63, 3.8) is 0 Å². The van der Waals surface area contributed by atoms with Gasteiger partial charge in [-0.15, -0.1) is 11.3 Å². The van der Waals surface area contributed by atoms with Crippen molar-refractivity contribution < 1.29 is 4.79 Å². The quantitative estimate of drug-likeness (QED) is 0.900. The third-order valence-corrected chi connectivity index (χ3v) is 5.95. The number of hydrogen-bond donors (Lipinski definition) is 2. The Labute approximate surface area is 124 Å². The van der Waals surface area contributed by atoms with Crippen LogP contribution in [-0.2, 0) is 17.6 Å². The van der Waals surface area contributed by atoms with Crippen LogP contribution in [0.2, 0.25) is 0 Å². The summed E-state index contributed by atoms with van der Waals surface area (Å²) in [7, 11) is 0. The lowest BCUT2D eigenvalue weighted by Gasteiger charge is -2.25. The van der Waals surface area contributed by atoms with Crippen molar-refractivity contribution >= 4 is 22.4 Å². The highest BCUT2D eigenvalue weighted by Gasteiger charge is 2.39. The fourth-order valence-electron chi connectivity index (χ4n) is 3.48. The average Bonchev–Trinajstić information content (AvgIpc) is 3.04. The van der Waals surface area contributed by atoms with Gasteiger partial charge in [-0.3, -0.25) is 4.79 Å². The van der Waals surface area contributed by atoms with E-state index in [1.54, 1.807) is 11.3 Å². The summed E-state index contributed by atoms with van der Waals surface area (Å²) < 4.78 is 0. The fourth-order valence-corrected chi connectivity index (χ4v) is 4.57. The number of aromatic nitrogens is 1. The molecule has 2 aliphatic carbocycles. The largest absolute Gasteiger partial charge is 0.327 e. The molecule has 3 rings (SSSR count). The fraction of sp³-hybridized carbons (Fsp3) is 0.733. The van der Waals surface area contributed by atoms with Gasteiger partial charge in [-0.25, -0.2) is 4.98 Å². The third-order valence-electron chi connectivity index (χ3n) is 4.92. The second-order valence-corrected chi connectivity index (χ2v) is 7.27.